The SMILES string of the molecule is COc1ccc2nc(Nc3ncnc(NNC(=O)c4cccc5ccccc45)c3[N+](=O)[O-])sc2c1. The van der Waals surface area contributed by atoms with E-state index in [2.05, 4.69) is 31.1 Å². The summed E-state index contributed by atoms with van der Waals surface area (Å²) >= 11 is 1.29. The molecular formula is C23H17N7O4S. The summed E-state index contributed by atoms with van der Waals surface area (Å²) in [6, 6.07) is 18.1. The Hall–Kier alpha value is -4.84. The minimum atomic E-state index is -0.634. The van der Waals surface area contributed by atoms with Gasteiger partial charge in [-0.15, -0.1) is 0 Å². The lowest BCUT2D eigenvalue weighted by atomic mass is 10.0. The number of hydrogen-bond donors (Lipinski definition) is 3. The molecule has 12 heteroatoms. The van der Waals surface area contributed by atoms with Crippen LogP contribution in [0.2, 0.25) is 0 Å². The van der Waals surface area contributed by atoms with Crippen LogP contribution in [-0.2, 0) is 0 Å². The molecule has 0 spiro atoms. The van der Waals surface area contributed by atoms with E-state index in [9.17, 15) is 14.9 Å². The number of anilines is 3. The smallest absolute Gasteiger partial charge is 0.355 e. The number of methoxy groups -OCH3 is 1. The van der Waals surface area contributed by atoms with Gasteiger partial charge in [0.05, 0.1) is 22.2 Å². The zero-order valence-corrected chi connectivity index (χ0v) is 19.0. The van der Waals surface area contributed by atoms with Crippen molar-refractivity contribution in [2.45, 2.75) is 0 Å². The average Bonchev–Trinajstić information content (AvgIpc) is 3.28. The van der Waals surface area contributed by atoms with E-state index in [1.165, 1.54) is 11.3 Å². The first-order chi connectivity index (χ1) is 17.0. The van der Waals surface area contributed by atoms with Crippen molar-refractivity contribution in [3.05, 3.63) is 82.7 Å². The zero-order chi connectivity index (χ0) is 24.4. The molecule has 0 unspecified atom stereocenters. The van der Waals surface area contributed by atoms with Crippen LogP contribution >= 0.6 is 11.3 Å². The Balaban J connectivity index is 1.40. The van der Waals surface area contributed by atoms with Crippen LogP contribution in [0.15, 0.2) is 67.0 Å². The number of nitrogens with one attached hydrogen (secondary N) is 3. The highest BCUT2D eigenvalue weighted by atomic mass is 32.1. The zero-order valence-electron chi connectivity index (χ0n) is 18.2. The Bertz CT molecular complexity index is 1580. The third kappa shape index (κ3) is 4.37. The van der Waals surface area contributed by atoms with Crippen LogP contribution in [-0.4, -0.2) is 32.9 Å². The number of aromatic nitrogens is 3. The van der Waals surface area contributed by atoms with Crippen LogP contribution in [0.25, 0.3) is 21.0 Å². The van der Waals surface area contributed by atoms with E-state index in [0.29, 0.717) is 22.0 Å². The number of nitrogens with zero attached hydrogens (tertiary/aromatic N) is 4. The number of hydrazine groups is 1. The van der Waals surface area contributed by atoms with E-state index in [1.54, 1.807) is 31.4 Å². The van der Waals surface area contributed by atoms with Crippen molar-refractivity contribution >= 4 is 60.7 Å². The highest BCUT2D eigenvalue weighted by Gasteiger charge is 2.25. The Labute approximate surface area is 201 Å². The molecule has 35 heavy (non-hydrogen) atoms. The van der Waals surface area contributed by atoms with Crippen molar-refractivity contribution in [3.63, 3.8) is 0 Å². The van der Waals surface area contributed by atoms with Gasteiger partial charge in [0.2, 0.25) is 11.6 Å². The van der Waals surface area contributed by atoms with Gasteiger partial charge in [0.25, 0.3) is 5.91 Å². The largest absolute Gasteiger partial charge is 0.497 e. The lowest BCUT2D eigenvalue weighted by Crippen LogP contribution is -2.30. The van der Waals surface area contributed by atoms with Gasteiger partial charge in [-0.05, 0) is 35.0 Å². The number of rotatable bonds is 7. The molecule has 0 radical (unpaired) electrons. The first kappa shape index (κ1) is 22.0. The molecule has 3 N–H and O–H groups in total. The molecule has 3 aromatic carbocycles. The predicted octanol–water partition coefficient (Wildman–Crippen LogP) is 4.66. The van der Waals surface area contributed by atoms with Crippen molar-refractivity contribution in [3.8, 4) is 5.75 Å². The molecule has 5 rings (SSSR count). The average molecular weight is 488 g/mol. The maximum Gasteiger partial charge on any atom is 0.355 e. The lowest BCUT2D eigenvalue weighted by Gasteiger charge is -2.11. The normalized spacial score (nSPS) is 10.8. The van der Waals surface area contributed by atoms with Gasteiger partial charge in [0, 0.05) is 5.56 Å². The molecule has 1 amide bonds. The summed E-state index contributed by atoms with van der Waals surface area (Å²) in [5.74, 6) is -0.0414. The van der Waals surface area contributed by atoms with Gasteiger partial charge in [-0.2, -0.15) is 0 Å². The van der Waals surface area contributed by atoms with Gasteiger partial charge in [-0.3, -0.25) is 25.8 Å². The van der Waals surface area contributed by atoms with Crippen molar-refractivity contribution in [1.82, 2.24) is 20.4 Å². The fraction of sp³-hybridized carbons (Fsp3) is 0.0435. The van der Waals surface area contributed by atoms with Crippen LogP contribution < -0.4 is 20.9 Å². The molecule has 0 aliphatic rings. The van der Waals surface area contributed by atoms with E-state index >= 15 is 0 Å². The van der Waals surface area contributed by atoms with Gasteiger partial charge in [0.15, 0.2) is 5.13 Å². The molecule has 5 aromatic rings. The van der Waals surface area contributed by atoms with Gasteiger partial charge >= 0.3 is 5.69 Å². The second-order valence-corrected chi connectivity index (χ2v) is 8.29. The van der Waals surface area contributed by atoms with Gasteiger partial charge < -0.3 is 10.1 Å². The fourth-order valence-electron chi connectivity index (χ4n) is 3.53. The maximum absolute atomic E-state index is 12.8. The molecule has 0 bridgehead atoms. The highest BCUT2D eigenvalue weighted by molar-refractivity contribution is 7.22. The standard InChI is InChI=1S/C23H17N7O4S/c1-34-14-9-10-17-18(11-14)35-23(26-17)27-20-19(30(32)33)21(25-12-24-20)28-29-22(31)16-8-4-6-13-5-2-3-7-15(13)16/h2-12H,1H3,(H,29,31)(H2,24,25,26,27,28). The molecule has 0 aliphatic carbocycles. The van der Waals surface area contributed by atoms with Crippen molar-refractivity contribution < 1.29 is 14.5 Å². The van der Waals surface area contributed by atoms with Gasteiger partial charge in [0.1, 0.15) is 12.1 Å². The number of ether oxygens (including phenoxy) is 1. The molecule has 2 aromatic heterocycles. The highest BCUT2D eigenvalue weighted by Crippen LogP contribution is 2.35. The summed E-state index contributed by atoms with van der Waals surface area (Å²) in [6.07, 6.45) is 1.15. The Morgan fingerprint density at radius 3 is 2.69 bits per heavy atom. The second kappa shape index (κ2) is 9.19. The summed E-state index contributed by atoms with van der Waals surface area (Å²) in [7, 11) is 1.57. The topological polar surface area (TPSA) is 144 Å². The van der Waals surface area contributed by atoms with Crippen LogP contribution in [0.4, 0.5) is 22.5 Å². The third-order valence-electron chi connectivity index (χ3n) is 5.15. The Morgan fingerprint density at radius 2 is 1.86 bits per heavy atom. The minimum Gasteiger partial charge on any atom is -0.497 e. The number of nitro groups is 1. The van der Waals surface area contributed by atoms with E-state index < -0.39 is 16.5 Å². The number of thiazole rings is 1. The van der Waals surface area contributed by atoms with Crippen molar-refractivity contribution in [2.24, 2.45) is 0 Å². The molecule has 0 fully saturated rings. The maximum atomic E-state index is 12.8. The van der Waals surface area contributed by atoms with E-state index in [-0.39, 0.29) is 11.6 Å². The molecule has 11 nitrogen and oxygen atoms in total. The summed E-state index contributed by atoms with van der Waals surface area (Å²) in [4.78, 5) is 36.5. The third-order valence-corrected chi connectivity index (χ3v) is 6.09. The molecular weight excluding hydrogens is 470 g/mol. The number of amides is 1. The number of carbonyl (C=O) groups excluding carboxylic acids is 1. The Kier molecular flexibility index (Phi) is 5.77. The second-order valence-electron chi connectivity index (χ2n) is 7.26. The molecule has 0 atom stereocenters. The molecule has 0 aliphatic heterocycles. The van der Waals surface area contributed by atoms with Crippen LogP contribution in [0.3, 0.4) is 0 Å². The summed E-state index contributed by atoms with van der Waals surface area (Å²) < 4.78 is 6.06. The van der Waals surface area contributed by atoms with Crippen molar-refractivity contribution in [2.75, 3.05) is 17.9 Å². The summed E-state index contributed by atoms with van der Waals surface area (Å²) in [6.45, 7) is 0. The van der Waals surface area contributed by atoms with Crippen LogP contribution in [0, 0.1) is 10.1 Å². The lowest BCUT2D eigenvalue weighted by molar-refractivity contribution is -0.383. The van der Waals surface area contributed by atoms with E-state index in [4.69, 9.17) is 4.74 Å². The number of fused-ring (bicyclic) bond motifs is 2. The molecule has 2 heterocycles. The first-order valence-corrected chi connectivity index (χ1v) is 11.1. The number of hydrogen-bond acceptors (Lipinski definition) is 10. The van der Waals surface area contributed by atoms with E-state index in [1.807, 2.05) is 36.4 Å². The summed E-state index contributed by atoms with van der Waals surface area (Å²) in [5.41, 5.74) is 5.72. The monoisotopic (exact) mass is 487 g/mol. The number of benzene rings is 3. The number of carbonyl (C=O) groups is 1. The molecule has 174 valence electrons. The van der Waals surface area contributed by atoms with E-state index in [0.717, 1.165) is 21.8 Å². The molecule has 0 saturated carbocycles. The first-order valence-electron chi connectivity index (χ1n) is 10.3. The van der Waals surface area contributed by atoms with Gasteiger partial charge in [-0.25, -0.2) is 15.0 Å². The summed E-state index contributed by atoms with van der Waals surface area (Å²) in [5, 5.41) is 16.8. The molecule has 0 saturated heterocycles. The van der Waals surface area contributed by atoms with Crippen LogP contribution in [0.5, 0.6) is 5.75 Å². The van der Waals surface area contributed by atoms with Crippen LogP contribution in [0.1, 0.15) is 10.4 Å². The fourth-order valence-corrected chi connectivity index (χ4v) is 4.42. The predicted molar refractivity (Wildman–Crippen MR) is 133 cm³/mol. The van der Waals surface area contributed by atoms with Crippen molar-refractivity contribution in [1.29, 1.82) is 0 Å². The minimum absolute atomic E-state index is 0.0714. The Morgan fingerprint density at radius 1 is 1.06 bits per heavy atom. The van der Waals surface area contributed by atoms with Gasteiger partial charge in [-0.1, -0.05) is 47.7 Å². The quantitative estimate of drug-likeness (QED) is 0.220.